The molecule has 0 amide bonds. The van der Waals surface area contributed by atoms with Gasteiger partial charge < -0.3 is 10.1 Å². The van der Waals surface area contributed by atoms with E-state index in [-0.39, 0.29) is 6.04 Å². The molecule has 3 heteroatoms. The standard InChI is InChI=1S/C16H20N2O/c1-11-9-15(19-4)12(2)8-14(11)16(17-3)13-6-5-7-18-10-13/h5-10,16-17H,1-4H3. The minimum absolute atomic E-state index is 0.151. The molecule has 1 atom stereocenters. The third kappa shape index (κ3) is 2.76. The molecular formula is C16H20N2O. The summed E-state index contributed by atoms with van der Waals surface area (Å²) in [5, 5.41) is 3.36. The predicted octanol–water partition coefficient (Wildman–Crippen LogP) is 3.02. The van der Waals surface area contributed by atoms with E-state index in [1.54, 1.807) is 13.3 Å². The molecule has 2 rings (SSSR count). The lowest BCUT2D eigenvalue weighted by Gasteiger charge is -2.20. The van der Waals surface area contributed by atoms with Crippen molar-refractivity contribution in [3.63, 3.8) is 0 Å². The summed E-state index contributed by atoms with van der Waals surface area (Å²) < 4.78 is 5.37. The van der Waals surface area contributed by atoms with Crippen molar-refractivity contribution in [2.75, 3.05) is 14.2 Å². The molecule has 1 heterocycles. The number of hydrogen-bond donors (Lipinski definition) is 1. The highest BCUT2D eigenvalue weighted by atomic mass is 16.5. The van der Waals surface area contributed by atoms with Crippen LogP contribution in [0.2, 0.25) is 0 Å². The smallest absolute Gasteiger partial charge is 0.122 e. The number of pyridine rings is 1. The van der Waals surface area contributed by atoms with Gasteiger partial charge in [-0.05, 0) is 55.3 Å². The minimum Gasteiger partial charge on any atom is -0.496 e. The van der Waals surface area contributed by atoms with E-state index in [4.69, 9.17) is 4.74 Å². The van der Waals surface area contributed by atoms with Crippen LogP contribution in [-0.4, -0.2) is 19.1 Å². The van der Waals surface area contributed by atoms with E-state index in [1.807, 2.05) is 19.3 Å². The second-order valence-corrected chi connectivity index (χ2v) is 4.69. The average Bonchev–Trinajstić information content (AvgIpc) is 2.44. The molecule has 0 radical (unpaired) electrons. The van der Waals surface area contributed by atoms with Gasteiger partial charge in [-0.15, -0.1) is 0 Å². The number of methoxy groups -OCH3 is 1. The zero-order valence-electron chi connectivity index (χ0n) is 11.9. The topological polar surface area (TPSA) is 34.2 Å². The van der Waals surface area contributed by atoms with E-state index in [2.05, 4.69) is 42.3 Å². The third-order valence-electron chi connectivity index (χ3n) is 3.40. The Kier molecular flexibility index (Phi) is 4.17. The zero-order chi connectivity index (χ0) is 13.8. The molecule has 0 bridgehead atoms. The van der Waals surface area contributed by atoms with Crippen LogP contribution in [-0.2, 0) is 0 Å². The summed E-state index contributed by atoms with van der Waals surface area (Å²) in [6, 6.07) is 8.48. The largest absolute Gasteiger partial charge is 0.496 e. The van der Waals surface area contributed by atoms with E-state index in [1.165, 1.54) is 11.1 Å². The summed E-state index contributed by atoms with van der Waals surface area (Å²) in [4.78, 5) is 4.20. The van der Waals surface area contributed by atoms with Crippen molar-refractivity contribution in [3.8, 4) is 5.75 Å². The van der Waals surface area contributed by atoms with Gasteiger partial charge in [-0.1, -0.05) is 12.1 Å². The van der Waals surface area contributed by atoms with Gasteiger partial charge in [-0.2, -0.15) is 0 Å². The van der Waals surface area contributed by atoms with Crippen molar-refractivity contribution in [3.05, 3.63) is 58.9 Å². The average molecular weight is 256 g/mol. The lowest BCUT2D eigenvalue weighted by atomic mass is 9.94. The fraction of sp³-hybridized carbons (Fsp3) is 0.312. The Hall–Kier alpha value is -1.87. The highest BCUT2D eigenvalue weighted by molar-refractivity contribution is 5.45. The Labute approximate surface area is 114 Å². The Morgan fingerprint density at radius 1 is 1.21 bits per heavy atom. The molecule has 0 saturated heterocycles. The summed E-state index contributed by atoms with van der Waals surface area (Å²) in [5.41, 5.74) is 4.78. The summed E-state index contributed by atoms with van der Waals surface area (Å²) >= 11 is 0. The number of aromatic nitrogens is 1. The molecule has 2 aromatic rings. The van der Waals surface area contributed by atoms with Crippen molar-refractivity contribution >= 4 is 0 Å². The quantitative estimate of drug-likeness (QED) is 0.913. The van der Waals surface area contributed by atoms with Gasteiger partial charge in [0.05, 0.1) is 13.2 Å². The fourth-order valence-corrected chi connectivity index (χ4v) is 2.39. The van der Waals surface area contributed by atoms with Gasteiger partial charge in [0.25, 0.3) is 0 Å². The van der Waals surface area contributed by atoms with Gasteiger partial charge >= 0.3 is 0 Å². The third-order valence-corrected chi connectivity index (χ3v) is 3.40. The Morgan fingerprint density at radius 2 is 2.00 bits per heavy atom. The van der Waals surface area contributed by atoms with Crippen LogP contribution < -0.4 is 10.1 Å². The first kappa shape index (κ1) is 13.6. The highest BCUT2D eigenvalue weighted by Crippen LogP contribution is 2.29. The van der Waals surface area contributed by atoms with Gasteiger partial charge in [0.1, 0.15) is 5.75 Å². The molecular weight excluding hydrogens is 236 g/mol. The number of aryl methyl sites for hydroxylation is 2. The first-order valence-corrected chi connectivity index (χ1v) is 6.39. The maximum atomic E-state index is 5.37. The van der Waals surface area contributed by atoms with Crippen LogP contribution in [0.5, 0.6) is 5.75 Å². The van der Waals surface area contributed by atoms with Crippen molar-refractivity contribution in [1.82, 2.24) is 10.3 Å². The SMILES string of the molecule is CNC(c1cccnc1)c1cc(C)c(OC)cc1C. The van der Waals surface area contributed by atoms with Crippen LogP contribution in [0.4, 0.5) is 0 Å². The van der Waals surface area contributed by atoms with Crippen LogP contribution in [0.15, 0.2) is 36.7 Å². The number of rotatable bonds is 4. The minimum atomic E-state index is 0.151. The van der Waals surface area contributed by atoms with Gasteiger partial charge in [-0.25, -0.2) is 0 Å². The van der Waals surface area contributed by atoms with Crippen LogP contribution in [0.1, 0.15) is 28.3 Å². The van der Waals surface area contributed by atoms with E-state index >= 15 is 0 Å². The fourth-order valence-electron chi connectivity index (χ4n) is 2.39. The Bertz CT molecular complexity index is 552. The molecule has 1 aromatic heterocycles. The predicted molar refractivity (Wildman–Crippen MR) is 77.6 cm³/mol. The lowest BCUT2D eigenvalue weighted by molar-refractivity contribution is 0.411. The van der Waals surface area contributed by atoms with E-state index in [0.717, 1.165) is 16.9 Å². The van der Waals surface area contributed by atoms with Crippen molar-refractivity contribution in [2.24, 2.45) is 0 Å². The lowest BCUT2D eigenvalue weighted by Crippen LogP contribution is -2.19. The molecule has 0 aliphatic rings. The maximum absolute atomic E-state index is 5.37. The molecule has 100 valence electrons. The van der Waals surface area contributed by atoms with Crippen LogP contribution in [0.25, 0.3) is 0 Å². The number of nitrogens with zero attached hydrogens (tertiary/aromatic N) is 1. The molecule has 0 aliphatic carbocycles. The van der Waals surface area contributed by atoms with E-state index < -0.39 is 0 Å². The molecule has 19 heavy (non-hydrogen) atoms. The summed E-state index contributed by atoms with van der Waals surface area (Å²) in [7, 11) is 3.68. The second kappa shape index (κ2) is 5.85. The molecule has 0 spiro atoms. The zero-order valence-corrected chi connectivity index (χ0v) is 11.9. The van der Waals surface area contributed by atoms with Gasteiger partial charge in [0.15, 0.2) is 0 Å². The normalized spacial score (nSPS) is 12.2. The van der Waals surface area contributed by atoms with Crippen molar-refractivity contribution in [2.45, 2.75) is 19.9 Å². The monoisotopic (exact) mass is 256 g/mol. The maximum Gasteiger partial charge on any atom is 0.122 e. The first-order valence-electron chi connectivity index (χ1n) is 6.39. The number of ether oxygens (including phenoxy) is 1. The molecule has 1 unspecified atom stereocenters. The molecule has 1 N–H and O–H groups in total. The highest BCUT2D eigenvalue weighted by Gasteiger charge is 2.16. The Balaban J connectivity index is 2.47. The van der Waals surface area contributed by atoms with E-state index in [0.29, 0.717) is 0 Å². The van der Waals surface area contributed by atoms with E-state index in [9.17, 15) is 0 Å². The van der Waals surface area contributed by atoms with Gasteiger partial charge in [0.2, 0.25) is 0 Å². The number of nitrogens with one attached hydrogen (secondary N) is 1. The molecule has 0 saturated carbocycles. The van der Waals surface area contributed by atoms with Crippen molar-refractivity contribution in [1.29, 1.82) is 0 Å². The van der Waals surface area contributed by atoms with Crippen LogP contribution in [0, 0.1) is 13.8 Å². The number of hydrogen-bond acceptors (Lipinski definition) is 3. The van der Waals surface area contributed by atoms with Crippen molar-refractivity contribution < 1.29 is 4.74 Å². The molecule has 1 aromatic carbocycles. The number of benzene rings is 1. The van der Waals surface area contributed by atoms with Gasteiger partial charge in [0, 0.05) is 12.4 Å². The Morgan fingerprint density at radius 3 is 2.58 bits per heavy atom. The molecule has 0 fully saturated rings. The second-order valence-electron chi connectivity index (χ2n) is 4.69. The van der Waals surface area contributed by atoms with Gasteiger partial charge in [-0.3, -0.25) is 4.98 Å². The van der Waals surface area contributed by atoms with Crippen LogP contribution in [0.3, 0.4) is 0 Å². The summed E-state index contributed by atoms with van der Waals surface area (Å²) in [6.07, 6.45) is 3.70. The van der Waals surface area contributed by atoms with Crippen LogP contribution >= 0.6 is 0 Å². The molecule has 0 aliphatic heterocycles. The summed E-state index contributed by atoms with van der Waals surface area (Å²) in [5.74, 6) is 0.933. The summed E-state index contributed by atoms with van der Waals surface area (Å²) in [6.45, 7) is 4.18. The molecule has 3 nitrogen and oxygen atoms in total. The first-order chi connectivity index (χ1) is 9.17.